The smallest absolute Gasteiger partial charge is 0.497 e. The van der Waals surface area contributed by atoms with E-state index in [4.69, 9.17) is 77.8 Å². The summed E-state index contributed by atoms with van der Waals surface area (Å²) in [6, 6.07) is 35.2. The van der Waals surface area contributed by atoms with Crippen molar-refractivity contribution in [3.05, 3.63) is 168 Å². The molecule has 2 aliphatic heterocycles. The molecule has 0 saturated heterocycles. The third-order valence-electron chi connectivity index (χ3n) is 18.3. The zero-order valence-electron chi connectivity index (χ0n) is 61.0. The summed E-state index contributed by atoms with van der Waals surface area (Å²) in [6.07, 6.45) is 0.543. The maximum absolute atomic E-state index is 15.3. The largest absolute Gasteiger partial charge is 2.00 e. The minimum absolute atomic E-state index is 0. The van der Waals surface area contributed by atoms with E-state index in [2.05, 4.69) is 18.9 Å². The van der Waals surface area contributed by atoms with Crippen LogP contribution in [0.3, 0.4) is 0 Å². The normalized spacial score (nSPS) is 13.3. The molecular weight excluding hydrogens is 1530 g/mol. The van der Waals surface area contributed by atoms with Gasteiger partial charge in [-0.25, -0.2) is 62.5 Å². The van der Waals surface area contributed by atoms with E-state index >= 15 is 33.7 Å². The summed E-state index contributed by atoms with van der Waals surface area (Å²) in [6.45, 7) is 6.72. The number of benzene rings is 8. The van der Waals surface area contributed by atoms with Gasteiger partial charge < -0.3 is 67.8 Å². The number of hydrogen-bond acceptors (Lipinski definition) is 22. The van der Waals surface area contributed by atoms with Gasteiger partial charge in [0.15, 0.2) is 0 Å². The predicted octanol–water partition coefficient (Wildman–Crippen LogP) is 9.83. The number of rotatable bonds is 28. The average molecular weight is 1610 g/mol. The Kier molecular flexibility index (Phi) is 22.8. The van der Waals surface area contributed by atoms with Crippen LogP contribution < -0.4 is 66.8 Å². The number of hydrogen-bond donors (Lipinski definition) is 4. The van der Waals surface area contributed by atoms with Gasteiger partial charge in [-0.05, 0) is 183 Å². The molecule has 5 heterocycles. The Morgan fingerprint density at radius 2 is 0.587 bits per heavy atom. The van der Waals surface area contributed by atoms with E-state index in [1.54, 1.807) is 125 Å². The van der Waals surface area contributed by atoms with Crippen LogP contribution in [-0.4, -0.2) is 145 Å². The first-order chi connectivity index (χ1) is 51.7. The predicted molar refractivity (Wildman–Crippen MR) is 406 cm³/mol. The van der Waals surface area contributed by atoms with E-state index in [1.807, 2.05) is 0 Å². The summed E-state index contributed by atoms with van der Waals surface area (Å²) in [5.74, 6) is 3.05. The first kappa shape index (κ1) is 78.3. The van der Waals surface area contributed by atoms with Crippen molar-refractivity contribution in [1.82, 2.24) is 58.8 Å². The Morgan fingerprint density at radius 3 is 0.872 bits per heavy atom. The molecule has 109 heavy (non-hydrogen) atoms. The van der Waals surface area contributed by atoms with Gasteiger partial charge in [0, 0.05) is 79.8 Å². The second-order valence-electron chi connectivity index (χ2n) is 25.8. The Morgan fingerprint density at radius 1 is 0.321 bits per heavy atom. The van der Waals surface area contributed by atoms with Gasteiger partial charge in [-0.3, -0.25) is 0 Å². The van der Waals surface area contributed by atoms with Crippen molar-refractivity contribution in [1.29, 1.82) is 0 Å². The summed E-state index contributed by atoms with van der Waals surface area (Å²) in [5, 5.41) is 0.0123. The summed E-state index contributed by atoms with van der Waals surface area (Å²) < 4.78 is 179. The van der Waals surface area contributed by atoms with Gasteiger partial charge in [-0.1, -0.05) is 48.5 Å². The Hall–Kier alpha value is -10.3. The standard InChI is InChI=1S/C76H76N12O16S4.Cu/c1-41(33-45-37-49(97-5)25-29-57(45)101-9)85-105(89,90)61-21-13-17-53-65(61)73-77-69(53)82-74-67-55(19-15-23-63(67)107(93,94)87-43(3)35-47-39-51(99-7)27-31-59(47)103-11)71(79-74)84-76-68-56(20-16-24-64(68)108(95,96)88-44(4)36-48-40-52(100-8)28-32-60(48)104-12)72(80-76)83-75-66-54(70(78-75)81-73)18-14-22-62(66)106(91,92)86-42(2)34-46-38-50(98-6)26-30-58(46)102-10;/h13-32,37-44,85-88H,33-36H2,1-12H3;/q-2;+2. The van der Waals surface area contributed by atoms with E-state index in [1.165, 1.54) is 105 Å². The molecule has 11 aromatic rings. The fourth-order valence-corrected chi connectivity index (χ4v) is 19.5. The molecule has 4 N–H and O–H groups in total. The van der Waals surface area contributed by atoms with Crippen LogP contribution in [0.25, 0.3) is 89.7 Å². The van der Waals surface area contributed by atoms with Gasteiger partial charge in [-0.2, -0.15) is 0 Å². The number of aromatic nitrogens is 8. The van der Waals surface area contributed by atoms with E-state index in [0.29, 0.717) is 68.2 Å². The number of fused-ring (bicyclic) bond motifs is 20. The van der Waals surface area contributed by atoms with Gasteiger partial charge in [-0.15, -0.1) is 0 Å². The zero-order chi connectivity index (χ0) is 76.7. The van der Waals surface area contributed by atoms with Crippen LogP contribution in [0.15, 0.2) is 165 Å². The molecule has 4 unspecified atom stereocenters. The van der Waals surface area contributed by atoms with E-state index < -0.39 is 64.3 Å². The number of nitrogens with zero attached hydrogens (tertiary/aromatic N) is 8. The topological polar surface area (TPSA) is 364 Å². The average Bonchev–Trinajstić information content (AvgIpc) is 1.58. The number of ether oxygens (including phenoxy) is 8. The summed E-state index contributed by atoms with van der Waals surface area (Å²) in [5.41, 5.74) is 1.59. The van der Waals surface area contributed by atoms with Crippen molar-refractivity contribution in [2.75, 3.05) is 56.9 Å². The molecule has 4 atom stereocenters. The summed E-state index contributed by atoms with van der Waals surface area (Å²) in [7, 11) is -6.40. The SMILES string of the molecule is COc1ccc(OC)c(CC(C)NS(=O)(=O)c2cccc3c2-c2nc-3nc3[n-]c(nc4nc(nc5[n-]c(n2)c2cccc(S(=O)(=O)NC(C)Cc6cc(OC)ccc6OC)c52)-c2cccc(S(=O)(=O)NC(C)Cc5cc(OC)ccc5OC)c2-4)c2cccc(S(=O)(=O)NC(C)Cc4cc(OC)ccc4OC)c32)c1.[Cu+2]. The fraction of sp³-hybridized carbons (Fsp3) is 0.263. The molecule has 0 aliphatic carbocycles. The molecule has 0 amide bonds. The first-order valence-corrected chi connectivity index (χ1v) is 39.8. The van der Waals surface area contributed by atoms with Gasteiger partial charge >= 0.3 is 17.1 Å². The van der Waals surface area contributed by atoms with Gasteiger partial charge in [0.05, 0.1) is 99.8 Å². The first-order valence-electron chi connectivity index (χ1n) is 33.9. The zero-order valence-corrected chi connectivity index (χ0v) is 65.2. The molecule has 0 spiro atoms. The van der Waals surface area contributed by atoms with Crippen LogP contribution in [0.4, 0.5) is 0 Å². The Bertz CT molecular complexity index is 5690. The third-order valence-corrected chi connectivity index (χ3v) is 24.8. The van der Waals surface area contributed by atoms with E-state index in [0.717, 1.165) is 0 Å². The van der Waals surface area contributed by atoms with Gasteiger partial charge in [0.1, 0.15) is 46.0 Å². The maximum atomic E-state index is 15.3. The number of nitrogens with one attached hydrogen (secondary N) is 4. The molecule has 28 nitrogen and oxygen atoms in total. The van der Waals surface area contributed by atoms with E-state index in [-0.39, 0.29) is 152 Å². The van der Waals surface area contributed by atoms with Crippen molar-refractivity contribution in [2.24, 2.45) is 0 Å². The molecule has 0 fully saturated rings. The van der Waals surface area contributed by atoms with Crippen LogP contribution in [0.5, 0.6) is 46.0 Å². The van der Waals surface area contributed by atoms with Crippen molar-refractivity contribution in [3.63, 3.8) is 0 Å². The molecule has 33 heteroatoms. The summed E-state index contributed by atoms with van der Waals surface area (Å²) >= 11 is 0. The van der Waals surface area contributed by atoms with Crippen molar-refractivity contribution in [2.45, 2.75) is 97.1 Å². The molecule has 13 rings (SSSR count). The second kappa shape index (κ2) is 31.7. The fourth-order valence-electron chi connectivity index (χ4n) is 13.6. The van der Waals surface area contributed by atoms with E-state index in [9.17, 15) is 0 Å². The Balaban J connectivity index is 0.0000111. The molecule has 1 radical (unpaired) electrons. The Labute approximate surface area is 640 Å². The molecule has 3 aromatic heterocycles. The van der Waals surface area contributed by atoms with Crippen molar-refractivity contribution >= 4 is 84.2 Å². The third kappa shape index (κ3) is 15.8. The molecule has 2 aliphatic rings. The van der Waals surface area contributed by atoms with Crippen molar-refractivity contribution < 1.29 is 88.6 Å². The van der Waals surface area contributed by atoms with Gasteiger partial charge in [0.2, 0.25) is 40.1 Å². The molecule has 571 valence electrons. The van der Waals surface area contributed by atoms with Crippen molar-refractivity contribution in [3.8, 4) is 91.5 Å². The van der Waals surface area contributed by atoms with Crippen LogP contribution in [0.1, 0.15) is 49.9 Å². The van der Waals surface area contributed by atoms with Crippen LogP contribution in [0.2, 0.25) is 0 Å². The maximum Gasteiger partial charge on any atom is 2.00 e. The molecular formula is C76H76CuN12O16S4. The van der Waals surface area contributed by atoms with Crippen LogP contribution >= 0.6 is 0 Å². The molecule has 0 saturated carbocycles. The summed E-state index contributed by atoms with van der Waals surface area (Å²) in [4.78, 5) is 39.0. The number of sulfonamides is 4. The minimum atomic E-state index is -4.61. The second-order valence-corrected chi connectivity index (χ2v) is 32.5. The van der Waals surface area contributed by atoms with Crippen LogP contribution in [0, 0.1) is 0 Å². The minimum Gasteiger partial charge on any atom is -0.497 e. The van der Waals surface area contributed by atoms with Crippen LogP contribution in [-0.2, 0) is 82.8 Å². The number of methoxy groups -OCH3 is 8. The molecule has 8 aromatic carbocycles. The monoisotopic (exact) mass is 1600 g/mol. The molecule has 8 bridgehead atoms. The quantitative estimate of drug-likeness (QED) is 0.0331. The van der Waals surface area contributed by atoms with Gasteiger partial charge in [0.25, 0.3) is 0 Å².